The Hall–Kier alpha value is -1.70. The van der Waals surface area contributed by atoms with Crippen LogP contribution in [0.1, 0.15) is 38.3 Å². The van der Waals surface area contributed by atoms with Crippen LogP contribution in [-0.2, 0) is 9.47 Å². The summed E-state index contributed by atoms with van der Waals surface area (Å²) in [5, 5.41) is 3.45. The number of guanidine groups is 1. The van der Waals surface area contributed by atoms with E-state index < -0.39 is 0 Å². The fraction of sp³-hybridized carbons (Fsp3) is 0.682. The molecule has 2 fully saturated rings. The third-order valence-electron chi connectivity index (χ3n) is 5.63. The number of hydrogen-bond donors (Lipinski definition) is 1. The molecule has 29 heavy (non-hydrogen) atoms. The van der Waals surface area contributed by atoms with Gasteiger partial charge in [-0.2, -0.15) is 0 Å². The number of halogens is 1. The number of hydrogen-bond acceptors (Lipinski definition) is 4. The molecule has 0 bridgehead atoms. The van der Waals surface area contributed by atoms with Crippen molar-refractivity contribution in [3.05, 3.63) is 35.6 Å². The van der Waals surface area contributed by atoms with Gasteiger partial charge in [-0.3, -0.25) is 9.89 Å². The van der Waals surface area contributed by atoms with Crippen LogP contribution >= 0.6 is 0 Å². The van der Waals surface area contributed by atoms with E-state index in [1.165, 1.54) is 12.1 Å². The fourth-order valence-electron chi connectivity index (χ4n) is 4.07. The van der Waals surface area contributed by atoms with Gasteiger partial charge in [-0.1, -0.05) is 12.1 Å². The summed E-state index contributed by atoms with van der Waals surface area (Å²) in [7, 11) is 0. The lowest BCUT2D eigenvalue weighted by Crippen LogP contribution is -2.47. The first-order valence-corrected chi connectivity index (χ1v) is 10.9. The average Bonchev–Trinajstić information content (AvgIpc) is 2.76. The van der Waals surface area contributed by atoms with Crippen LogP contribution in [0.5, 0.6) is 0 Å². The van der Waals surface area contributed by atoms with Crippen LogP contribution in [0.15, 0.2) is 29.3 Å². The van der Waals surface area contributed by atoms with Crippen LogP contribution in [0, 0.1) is 5.82 Å². The molecule has 2 aliphatic rings. The van der Waals surface area contributed by atoms with E-state index in [2.05, 4.69) is 29.0 Å². The summed E-state index contributed by atoms with van der Waals surface area (Å²) in [6, 6.07) is 6.96. The van der Waals surface area contributed by atoms with Crippen molar-refractivity contribution in [1.29, 1.82) is 0 Å². The minimum atomic E-state index is -0.205. The number of morpholine rings is 1. The third kappa shape index (κ3) is 6.39. The largest absolute Gasteiger partial charge is 0.379 e. The molecule has 1 atom stereocenters. The van der Waals surface area contributed by atoms with E-state index in [9.17, 15) is 4.39 Å². The van der Waals surface area contributed by atoms with Crippen molar-refractivity contribution in [3.63, 3.8) is 0 Å². The molecule has 7 heteroatoms. The van der Waals surface area contributed by atoms with Gasteiger partial charge in [0.05, 0.1) is 31.9 Å². The normalized spacial score (nSPS) is 20.7. The Morgan fingerprint density at radius 3 is 2.48 bits per heavy atom. The summed E-state index contributed by atoms with van der Waals surface area (Å²) >= 11 is 0. The SMILES string of the molecule is CCNC(=NCC(c1ccc(F)cc1)N1CCOCC1)N1CCC(OCC)CC1. The van der Waals surface area contributed by atoms with Crippen LogP contribution < -0.4 is 5.32 Å². The maximum Gasteiger partial charge on any atom is 0.193 e. The fourth-order valence-corrected chi connectivity index (χ4v) is 4.07. The Balaban J connectivity index is 1.71. The van der Waals surface area contributed by atoms with Gasteiger partial charge >= 0.3 is 0 Å². The summed E-state index contributed by atoms with van der Waals surface area (Å²) < 4.78 is 24.8. The monoisotopic (exact) mass is 406 g/mol. The summed E-state index contributed by atoms with van der Waals surface area (Å²) in [5.74, 6) is 0.756. The van der Waals surface area contributed by atoms with E-state index in [1.807, 2.05) is 12.1 Å². The second-order valence-electron chi connectivity index (χ2n) is 7.55. The molecule has 0 saturated carbocycles. The summed E-state index contributed by atoms with van der Waals surface area (Å²) in [6.07, 6.45) is 2.42. The smallest absolute Gasteiger partial charge is 0.193 e. The van der Waals surface area contributed by atoms with E-state index >= 15 is 0 Å². The molecule has 1 unspecified atom stereocenters. The van der Waals surface area contributed by atoms with Crippen molar-refractivity contribution in [1.82, 2.24) is 15.1 Å². The highest BCUT2D eigenvalue weighted by atomic mass is 19.1. The number of nitrogens with zero attached hydrogens (tertiary/aromatic N) is 3. The lowest BCUT2D eigenvalue weighted by Gasteiger charge is -2.36. The van der Waals surface area contributed by atoms with Gasteiger partial charge in [-0.05, 0) is 44.4 Å². The van der Waals surface area contributed by atoms with Gasteiger partial charge in [0.1, 0.15) is 5.82 Å². The first kappa shape index (κ1) is 22.0. The molecule has 6 nitrogen and oxygen atoms in total. The lowest BCUT2D eigenvalue weighted by molar-refractivity contribution is 0.0177. The second-order valence-corrected chi connectivity index (χ2v) is 7.55. The molecule has 1 aromatic rings. The zero-order valence-corrected chi connectivity index (χ0v) is 17.8. The van der Waals surface area contributed by atoms with Crippen molar-refractivity contribution < 1.29 is 13.9 Å². The van der Waals surface area contributed by atoms with E-state index in [0.29, 0.717) is 12.6 Å². The highest BCUT2D eigenvalue weighted by molar-refractivity contribution is 5.80. The van der Waals surface area contributed by atoms with Gasteiger partial charge in [0.25, 0.3) is 0 Å². The van der Waals surface area contributed by atoms with E-state index in [1.54, 1.807) is 0 Å². The maximum absolute atomic E-state index is 13.4. The molecule has 162 valence electrons. The predicted octanol–water partition coefficient (Wildman–Crippen LogP) is 2.67. The Bertz CT molecular complexity index is 626. The average molecular weight is 407 g/mol. The molecule has 1 N–H and O–H groups in total. The number of benzene rings is 1. The van der Waals surface area contributed by atoms with Crippen molar-refractivity contribution in [2.45, 2.75) is 38.8 Å². The number of likely N-dealkylation sites (tertiary alicyclic amines) is 1. The Morgan fingerprint density at radius 1 is 1.17 bits per heavy atom. The van der Waals surface area contributed by atoms with E-state index in [4.69, 9.17) is 14.5 Å². The molecular weight excluding hydrogens is 371 g/mol. The molecule has 2 saturated heterocycles. The highest BCUT2D eigenvalue weighted by Gasteiger charge is 2.25. The van der Waals surface area contributed by atoms with Crippen LogP contribution in [0.4, 0.5) is 4.39 Å². The van der Waals surface area contributed by atoms with Crippen LogP contribution in [0.25, 0.3) is 0 Å². The van der Waals surface area contributed by atoms with E-state index in [0.717, 1.165) is 76.9 Å². The summed E-state index contributed by atoms with van der Waals surface area (Å²) in [6.45, 7) is 11.5. The third-order valence-corrected chi connectivity index (χ3v) is 5.63. The van der Waals surface area contributed by atoms with E-state index in [-0.39, 0.29) is 11.9 Å². The van der Waals surface area contributed by atoms with Gasteiger partial charge in [-0.15, -0.1) is 0 Å². The first-order chi connectivity index (χ1) is 14.2. The van der Waals surface area contributed by atoms with Gasteiger partial charge in [0.15, 0.2) is 5.96 Å². The molecule has 1 aromatic carbocycles. The molecule has 2 heterocycles. The lowest BCUT2D eigenvalue weighted by atomic mass is 10.0. The molecule has 0 spiro atoms. The minimum absolute atomic E-state index is 0.120. The molecule has 0 aromatic heterocycles. The number of aliphatic imine (C=N–C) groups is 1. The minimum Gasteiger partial charge on any atom is -0.379 e. The first-order valence-electron chi connectivity index (χ1n) is 10.9. The van der Waals surface area contributed by atoms with Gasteiger partial charge in [-0.25, -0.2) is 4.39 Å². The number of piperidine rings is 1. The number of nitrogens with one attached hydrogen (secondary N) is 1. The standard InChI is InChI=1S/C22H35FN4O2/c1-3-24-22(27-11-9-20(10-12-27)29-4-2)25-17-21(26-13-15-28-16-14-26)18-5-7-19(23)8-6-18/h5-8,20-21H,3-4,9-17H2,1-2H3,(H,24,25). The quantitative estimate of drug-likeness (QED) is 0.557. The molecule has 3 rings (SSSR count). The predicted molar refractivity (Wildman–Crippen MR) is 114 cm³/mol. The van der Waals surface area contributed by atoms with Gasteiger partial charge in [0, 0.05) is 39.3 Å². The van der Waals surface area contributed by atoms with Crippen LogP contribution in [0.3, 0.4) is 0 Å². The molecule has 0 radical (unpaired) electrons. The maximum atomic E-state index is 13.4. The van der Waals surface area contributed by atoms with Crippen LogP contribution in [0.2, 0.25) is 0 Å². The van der Waals surface area contributed by atoms with Crippen molar-refractivity contribution in [3.8, 4) is 0 Å². The zero-order valence-electron chi connectivity index (χ0n) is 17.8. The highest BCUT2D eigenvalue weighted by Crippen LogP contribution is 2.23. The topological polar surface area (TPSA) is 49.3 Å². The molecule has 0 aliphatic carbocycles. The molecular formula is C22H35FN4O2. The number of ether oxygens (including phenoxy) is 2. The molecule has 0 amide bonds. The Labute approximate surface area is 174 Å². The van der Waals surface area contributed by atoms with Gasteiger partial charge in [0.2, 0.25) is 0 Å². The van der Waals surface area contributed by atoms with Crippen molar-refractivity contribution in [2.24, 2.45) is 4.99 Å². The number of rotatable bonds is 7. The summed E-state index contributed by atoms with van der Waals surface area (Å²) in [5.41, 5.74) is 1.10. The molecule has 2 aliphatic heterocycles. The van der Waals surface area contributed by atoms with Crippen molar-refractivity contribution in [2.75, 3.05) is 59.1 Å². The summed E-state index contributed by atoms with van der Waals surface area (Å²) in [4.78, 5) is 9.72. The van der Waals surface area contributed by atoms with Gasteiger partial charge < -0.3 is 19.7 Å². The van der Waals surface area contributed by atoms with Crippen LogP contribution in [-0.4, -0.2) is 81.0 Å². The Morgan fingerprint density at radius 2 is 1.86 bits per heavy atom. The Kier molecular flexibility index (Phi) is 8.70. The zero-order chi connectivity index (χ0) is 20.5. The van der Waals surface area contributed by atoms with Crippen molar-refractivity contribution >= 4 is 5.96 Å². The second kappa shape index (κ2) is 11.5.